The molecule has 3 heterocycles. The van der Waals surface area contributed by atoms with Gasteiger partial charge in [0.05, 0.1) is 16.6 Å². The van der Waals surface area contributed by atoms with Gasteiger partial charge in [-0.25, -0.2) is 0 Å². The molecule has 1 aromatic rings. The third kappa shape index (κ3) is 5.02. The summed E-state index contributed by atoms with van der Waals surface area (Å²) in [6.07, 6.45) is 11.7. The Kier molecular flexibility index (Phi) is 9.05. The van der Waals surface area contributed by atoms with Gasteiger partial charge in [-0.05, 0) is 50.7 Å². The number of nitrogens with zero attached hydrogens (tertiary/aromatic N) is 3. The molecule has 5 rings (SSSR count). The smallest absolute Gasteiger partial charge is 0.247 e. The van der Waals surface area contributed by atoms with Crippen LogP contribution in [0.25, 0.3) is 0 Å². The number of carbonyl (C=O) groups excluding carboxylic acids is 3. The molecule has 1 aromatic carbocycles. The maximum atomic E-state index is 14.6. The number of hydrogen-bond donors (Lipinski definition) is 1. The summed E-state index contributed by atoms with van der Waals surface area (Å²) in [6.45, 7) is 9.12. The van der Waals surface area contributed by atoms with Gasteiger partial charge in [-0.2, -0.15) is 0 Å². The third-order valence-electron chi connectivity index (χ3n) is 9.40. The van der Waals surface area contributed by atoms with Crippen LogP contribution in [0, 0.1) is 11.8 Å². The Morgan fingerprint density at radius 3 is 2.42 bits per heavy atom. The van der Waals surface area contributed by atoms with Crippen molar-refractivity contribution in [2.75, 3.05) is 31.1 Å². The highest BCUT2D eigenvalue weighted by atomic mass is 32.2. The first-order valence-electron chi connectivity index (χ1n) is 15.0. The largest absolute Gasteiger partial charge is 0.396 e. The van der Waals surface area contributed by atoms with Crippen LogP contribution in [0.5, 0.6) is 0 Å². The number of rotatable bonds is 12. The van der Waals surface area contributed by atoms with E-state index in [-0.39, 0.29) is 35.6 Å². The van der Waals surface area contributed by atoms with Crippen molar-refractivity contribution >= 4 is 35.2 Å². The summed E-state index contributed by atoms with van der Waals surface area (Å²) in [5, 5.41) is 9.47. The van der Waals surface area contributed by atoms with Gasteiger partial charge in [-0.1, -0.05) is 49.6 Å². The minimum Gasteiger partial charge on any atom is -0.396 e. The van der Waals surface area contributed by atoms with Gasteiger partial charge in [-0.3, -0.25) is 14.4 Å². The SMILES string of the molecule is C=CCN(C(=O)[C@@H]1[C@@H]2CCC3(S2)C(C(=O)N(CC=C)C2CCCCC2)N(CCCCO)C(=O)[C@H]13)c1ccccc1. The topological polar surface area (TPSA) is 81.2 Å². The van der Waals surface area contributed by atoms with Crippen LogP contribution in [0.4, 0.5) is 5.69 Å². The number of unbranched alkanes of at least 4 members (excludes halogenated alkanes) is 1. The molecule has 40 heavy (non-hydrogen) atoms. The minimum absolute atomic E-state index is 0.00917. The average Bonchev–Trinajstić information content (AvgIpc) is 3.62. The van der Waals surface area contributed by atoms with E-state index in [0.29, 0.717) is 32.5 Å². The van der Waals surface area contributed by atoms with E-state index in [2.05, 4.69) is 13.2 Å². The van der Waals surface area contributed by atoms with Crippen LogP contribution in [0.15, 0.2) is 55.6 Å². The molecule has 1 saturated carbocycles. The van der Waals surface area contributed by atoms with Crippen molar-refractivity contribution in [2.45, 2.75) is 79.9 Å². The monoisotopic (exact) mass is 565 g/mol. The first-order chi connectivity index (χ1) is 19.5. The van der Waals surface area contributed by atoms with Gasteiger partial charge in [-0.15, -0.1) is 24.9 Å². The van der Waals surface area contributed by atoms with Crippen LogP contribution in [0.2, 0.25) is 0 Å². The molecule has 1 N–H and O–H groups in total. The fourth-order valence-corrected chi connectivity index (χ4v) is 9.90. The molecule has 0 radical (unpaired) electrons. The summed E-state index contributed by atoms with van der Waals surface area (Å²) < 4.78 is -0.608. The fourth-order valence-electron chi connectivity index (χ4n) is 7.70. The highest BCUT2D eigenvalue weighted by Gasteiger charge is 2.74. The molecule has 0 aromatic heterocycles. The molecular formula is C32H43N3O4S. The number of carbonyl (C=O) groups is 3. The standard InChI is InChI=1S/C32H43N3O4S/c1-3-19-33(23-13-7-5-8-14-23)29(37)26-25-17-18-32(40-25)27(26)30(38)35(21-11-12-22-36)28(32)31(39)34(20-4-2)24-15-9-6-10-16-24/h3-5,7-8,13-14,24-28,36H,1-2,6,9-12,15-22H2/t25-,26+,27-,28?,32?/m0/s1. The lowest BCUT2D eigenvalue weighted by atomic mass is 9.70. The predicted octanol–water partition coefficient (Wildman–Crippen LogP) is 4.42. The van der Waals surface area contributed by atoms with Crippen LogP contribution in [0.1, 0.15) is 57.8 Å². The summed E-state index contributed by atoms with van der Waals surface area (Å²) in [7, 11) is 0. The van der Waals surface area contributed by atoms with Crippen molar-refractivity contribution in [3.8, 4) is 0 Å². The Morgan fingerprint density at radius 1 is 1.02 bits per heavy atom. The van der Waals surface area contributed by atoms with Gasteiger partial charge < -0.3 is 19.8 Å². The van der Waals surface area contributed by atoms with E-state index in [0.717, 1.165) is 44.2 Å². The first-order valence-corrected chi connectivity index (χ1v) is 15.8. The second kappa shape index (κ2) is 12.5. The quantitative estimate of drug-likeness (QED) is 0.300. The number of hydrogen-bond acceptors (Lipinski definition) is 5. The molecule has 1 aliphatic carbocycles. The molecule has 4 fully saturated rings. The summed E-state index contributed by atoms with van der Waals surface area (Å²) in [4.78, 5) is 48.7. The molecule has 2 unspecified atom stereocenters. The Hall–Kier alpha value is -2.58. The lowest BCUT2D eigenvalue weighted by Crippen LogP contribution is -2.57. The maximum absolute atomic E-state index is 14.6. The normalized spacial score (nSPS) is 29.3. The van der Waals surface area contributed by atoms with E-state index < -0.39 is 22.6 Å². The van der Waals surface area contributed by atoms with E-state index in [1.807, 2.05) is 35.2 Å². The molecule has 3 aliphatic heterocycles. The highest BCUT2D eigenvalue weighted by Crippen LogP contribution is 2.67. The number of anilines is 1. The molecule has 1 spiro atoms. The van der Waals surface area contributed by atoms with E-state index in [4.69, 9.17) is 0 Å². The van der Waals surface area contributed by atoms with Crippen LogP contribution in [-0.4, -0.2) is 80.9 Å². The van der Waals surface area contributed by atoms with Gasteiger partial charge in [0.25, 0.3) is 0 Å². The van der Waals surface area contributed by atoms with Gasteiger partial charge in [0.15, 0.2) is 0 Å². The summed E-state index contributed by atoms with van der Waals surface area (Å²) in [6, 6.07) is 9.14. The van der Waals surface area contributed by atoms with Gasteiger partial charge in [0, 0.05) is 43.2 Å². The van der Waals surface area contributed by atoms with Crippen molar-refractivity contribution in [3.63, 3.8) is 0 Å². The minimum atomic E-state index is -0.608. The summed E-state index contributed by atoms with van der Waals surface area (Å²) >= 11 is 1.72. The number of amides is 3. The number of thioether (sulfide) groups is 1. The average molecular weight is 566 g/mol. The zero-order valence-corrected chi connectivity index (χ0v) is 24.3. The van der Waals surface area contributed by atoms with E-state index in [1.165, 1.54) is 6.42 Å². The van der Waals surface area contributed by atoms with Crippen molar-refractivity contribution < 1.29 is 19.5 Å². The number of benzene rings is 1. The maximum Gasteiger partial charge on any atom is 0.247 e. The summed E-state index contributed by atoms with van der Waals surface area (Å²) in [5.74, 6) is -1.12. The summed E-state index contributed by atoms with van der Waals surface area (Å²) in [5.41, 5.74) is 0.793. The van der Waals surface area contributed by atoms with Crippen LogP contribution in [0.3, 0.4) is 0 Å². The van der Waals surface area contributed by atoms with Crippen LogP contribution in [-0.2, 0) is 14.4 Å². The Bertz CT molecular complexity index is 1110. The second-order valence-electron chi connectivity index (χ2n) is 11.7. The zero-order chi connectivity index (χ0) is 28.3. The number of aliphatic hydroxyl groups is 1. The third-order valence-corrected chi connectivity index (χ3v) is 11.3. The highest BCUT2D eigenvalue weighted by molar-refractivity contribution is 8.02. The van der Waals surface area contributed by atoms with E-state index >= 15 is 0 Å². The Balaban J connectivity index is 1.51. The number of likely N-dealkylation sites (tertiary alicyclic amines) is 1. The van der Waals surface area contributed by atoms with Gasteiger partial charge in [0.1, 0.15) is 6.04 Å². The lowest BCUT2D eigenvalue weighted by molar-refractivity contribution is -0.144. The predicted molar refractivity (Wildman–Crippen MR) is 160 cm³/mol. The molecule has 216 valence electrons. The molecule has 2 bridgehead atoms. The Labute approximate surface area is 242 Å². The van der Waals surface area contributed by atoms with Crippen molar-refractivity contribution in [1.82, 2.24) is 9.80 Å². The molecule has 5 atom stereocenters. The van der Waals surface area contributed by atoms with Crippen LogP contribution < -0.4 is 4.90 Å². The molecule has 7 nitrogen and oxygen atoms in total. The molecule has 3 amide bonds. The molecule has 8 heteroatoms. The number of para-hydroxylation sites is 1. The van der Waals surface area contributed by atoms with Crippen LogP contribution >= 0.6 is 11.8 Å². The zero-order valence-electron chi connectivity index (χ0n) is 23.5. The lowest BCUT2D eigenvalue weighted by Gasteiger charge is -2.41. The molecule has 3 saturated heterocycles. The number of aliphatic hydroxyl groups excluding tert-OH is 1. The fraction of sp³-hybridized carbons (Fsp3) is 0.594. The van der Waals surface area contributed by atoms with Crippen molar-refractivity contribution in [2.24, 2.45) is 11.8 Å². The van der Waals surface area contributed by atoms with Crippen molar-refractivity contribution in [3.05, 3.63) is 55.6 Å². The first kappa shape index (κ1) is 28.9. The Morgan fingerprint density at radius 2 is 1.75 bits per heavy atom. The van der Waals surface area contributed by atoms with E-state index in [1.54, 1.807) is 33.7 Å². The molecule has 4 aliphatic rings. The number of fused-ring (bicyclic) bond motifs is 1. The van der Waals surface area contributed by atoms with E-state index in [9.17, 15) is 19.5 Å². The van der Waals surface area contributed by atoms with Crippen molar-refractivity contribution in [1.29, 1.82) is 0 Å². The molecular weight excluding hydrogens is 522 g/mol. The second-order valence-corrected chi connectivity index (χ2v) is 13.3. The van der Waals surface area contributed by atoms with Gasteiger partial charge in [0.2, 0.25) is 17.7 Å². The van der Waals surface area contributed by atoms with Gasteiger partial charge >= 0.3 is 0 Å².